The van der Waals surface area contributed by atoms with Gasteiger partial charge in [0, 0.05) is 21.6 Å². The minimum Gasteiger partial charge on any atom is -0.493 e. The molecular weight excluding hydrogens is 542 g/mol. The molecule has 0 fully saturated rings. The lowest BCUT2D eigenvalue weighted by molar-refractivity contribution is 0.411. The van der Waals surface area contributed by atoms with Crippen LogP contribution in [0.3, 0.4) is 0 Å². The van der Waals surface area contributed by atoms with Crippen LogP contribution in [0, 0.1) is 11.3 Å². The molecule has 5 rings (SSSR count). The van der Waals surface area contributed by atoms with Gasteiger partial charge in [0.1, 0.15) is 16.7 Å². The van der Waals surface area contributed by atoms with Crippen molar-refractivity contribution in [3.05, 3.63) is 100 Å². The molecule has 0 unspecified atom stereocenters. The summed E-state index contributed by atoms with van der Waals surface area (Å²) in [4.78, 5) is -0.392. The number of methoxy groups -OCH3 is 1. The van der Waals surface area contributed by atoms with Gasteiger partial charge in [-0.1, -0.05) is 46.3 Å². The largest absolute Gasteiger partial charge is 0.493 e. The molecule has 9 heteroatoms. The van der Waals surface area contributed by atoms with Crippen molar-refractivity contribution >= 4 is 42.8 Å². The Labute approximate surface area is 215 Å². The molecule has 0 saturated heterocycles. The number of sulfone groups is 1. The molecule has 3 aromatic carbocycles. The second kappa shape index (κ2) is 9.49. The monoisotopic (exact) mass is 559 g/mol. The van der Waals surface area contributed by atoms with Gasteiger partial charge in [-0.15, -0.1) is 0 Å². The minimum atomic E-state index is -4.06. The van der Waals surface area contributed by atoms with Crippen molar-refractivity contribution in [2.45, 2.75) is 4.90 Å². The number of hydrogen-bond acceptors (Lipinski definition) is 6. The number of aromatic nitrogens is 2. The van der Waals surface area contributed by atoms with Crippen molar-refractivity contribution in [2.75, 3.05) is 7.11 Å². The Balaban J connectivity index is 1.70. The number of para-hydroxylation sites is 2. The number of nitrogens with zero attached hydrogens (tertiary/aromatic N) is 3. The Morgan fingerprint density at radius 3 is 2.53 bits per heavy atom. The van der Waals surface area contributed by atoms with E-state index in [1.54, 1.807) is 36.2 Å². The van der Waals surface area contributed by atoms with Crippen LogP contribution in [0.1, 0.15) is 5.56 Å². The number of rotatable bonds is 6. The molecule has 7 nitrogen and oxygen atoms in total. The first-order valence-corrected chi connectivity index (χ1v) is 13.0. The van der Waals surface area contributed by atoms with E-state index in [9.17, 15) is 13.7 Å². The van der Waals surface area contributed by atoms with Gasteiger partial charge in [0.05, 0.1) is 17.7 Å². The number of hydrogen-bond donors (Lipinski definition) is 0. The quantitative estimate of drug-likeness (QED) is 0.223. The van der Waals surface area contributed by atoms with Crippen LogP contribution >= 0.6 is 15.9 Å². The van der Waals surface area contributed by atoms with Crippen molar-refractivity contribution < 1.29 is 17.6 Å². The second-order valence-electron chi connectivity index (χ2n) is 7.78. The van der Waals surface area contributed by atoms with Crippen LogP contribution in [-0.2, 0) is 9.84 Å². The molecule has 5 aromatic rings. The molecule has 0 spiro atoms. The summed E-state index contributed by atoms with van der Waals surface area (Å²) >= 11 is 3.30. The first kappa shape index (κ1) is 23.6. The topological polar surface area (TPSA) is 98.1 Å². The van der Waals surface area contributed by atoms with E-state index >= 15 is 0 Å². The fourth-order valence-electron chi connectivity index (χ4n) is 3.76. The maximum atomic E-state index is 13.3. The van der Waals surface area contributed by atoms with Crippen LogP contribution in [0.4, 0.5) is 0 Å². The molecule has 0 aliphatic carbocycles. The maximum absolute atomic E-state index is 13.3. The predicted octanol–water partition coefficient (Wildman–Crippen LogP) is 6.39. The average Bonchev–Trinajstić information content (AvgIpc) is 3.52. The van der Waals surface area contributed by atoms with Crippen molar-refractivity contribution in [2.24, 2.45) is 0 Å². The fraction of sp³-hybridized carbons (Fsp3) is 0.0370. The van der Waals surface area contributed by atoms with Crippen LogP contribution in [0.25, 0.3) is 34.2 Å². The molecule has 0 N–H and O–H groups in total. The molecule has 0 aliphatic rings. The highest BCUT2D eigenvalue weighted by Crippen LogP contribution is 2.35. The van der Waals surface area contributed by atoms with E-state index in [2.05, 4.69) is 21.0 Å². The lowest BCUT2D eigenvalue weighted by Crippen LogP contribution is -2.03. The first-order valence-electron chi connectivity index (χ1n) is 10.7. The number of halogens is 1. The number of furan rings is 1. The van der Waals surface area contributed by atoms with E-state index in [1.165, 1.54) is 18.2 Å². The Morgan fingerprint density at radius 1 is 1.08 bits per heavy atom. The van der Waals surface area contributed by atoms with E-state index in [0.717, 1.165) is 15.5 Å². The Morgan fingerprint density at radius 2 is 1.83 bits per heavy atom. The third-order valence-corrected chi connectivity index (χ3v) is 7.74. The standard InChI is InChI=1S/C27H18BrN3O4S/c1-34-24-9-5-6-18-15-25(35-27(18)24)26-19(17-31(30-26)21-7-3-2-4-8-21)14-23(16-29)36(32,33)22-12-10-20(28)11-13-22/h2-15,17H,1H3. The van der Waals surface area contributed by atoms with E-state index in [-0.39, 0.29) is 4.90 Å². The fourth-order valence-corrected chi connectivity index (χ4v) is 5.18. The Kier molecular flexibility index (Phi) is 6.22. The number of ether oxygens (including phenoxy) is 1. The van der Waals surface area contributed by atoms with Crippen LogP contribution < -0.4 is 4.74 Å². The molecule has 0 radical (unpaired) electrons. The number of fused-ring (bicyclic) bond motifs is 1. The molecule has 2 heterocycles. The van der Waals surface area contributed by atoms with Gasteiger partial charge in [0.15, 0.2) is 17.1 Å². The summed E-state index contributed by atoms with van der Waals surface area (Å²) in [6, 6.07) is 24.7. The smallest absolute Gasteiger partial charge is 0.216 e. The zero-order chi connectivity index (χ0) is 25.3. The molecule has 0 aliphatic heterocycles. The highest BCUT2D eigenvalue weighted by molar-refractivity contribution is 9.10. The van der Waals surface area contributed by atoms with Gasteiger partial charge in [-0.2, -0.15) is 10.4 Å². The number of allylic oxidation sites excluding steroid dienone is 1. The van der Waals surface area contributed by atoms with Gasteiger partial charge in [0.25, 0.3) is 0 Å². The summed E-state index contributed by atoms with van der Waals surface area (Å²) in [6.45, 7) is 0. The van der Waals surface area contributed by atoms with E-state index in [4.69, 9.17) is 9.15 Å². The van der Waals surface area contributed by atoms with E-state index in [1.807, 2.05) is 54.6 Å². The van der Waals surface area contributed by atoms with E-state index in [0.29, 0.717) is 28.4 Å². The molecule has 0 amide bonds. The molecule has 178 valence electrons. The Bertz CT molecular complexity index is 1750. The van der Waals surface area contributed by atoms with Gasteiger partial charge < -0.3 is 9.15 Å². The van der Waals surface area contributed by atoms with Crippen molar-refractivity contribution in [3.63, 3.8) is 0 Å². The molecular formula is C27H18BrN3O4S. The third kappa shape index (κ3) is 4.33. The molecule has 0 atom stereocenters. The zero-order valence-corrected chi connectivity index (χ0v) is 21.3. The SMILES string of the molecule is COc1cccc2cc(-c3nn(-c4ccccc4)cc3C=C(C#N)S(=O)(=O)c3ccc(Br)cc3)oc12. The second-order valence-corrected chi connectivity index (χ2v) is 10.6. The lowest BCUT2D eigenvalue weighted by atomic mass is 10.2. The highest BCUT2D eigenvalue weighted by Gasteiger charge is 2.23. The van der Waals surface area contributed by atoms with Crippen molar-refractivity contribution in [1.29, 1.82) is 5.26 Å². The summed E-state index contributed by atoms with van der Waals surface area (Å²) in [7, 11) is -2.51. The van der Waals surface area contributed by atoms with Crippen molar-refractivity contribution in [3.8, 4) is 29.0 Å². The molecule has 36 heavy (non-hydrogen) atoms. The van der Waals surface area contributed by atoms with Gasteiger partial charge in [-0.3, -0.25) is 0 Å². The molecule has 2 aromatic heterocycles. The minimum absolute atomic E-state index is 0.0176. The molecule has 0 bridgehead atoms. The summed E-state index contributed by atoms with van der Waals surface area (Å²) in [5.41, 5.74) is 2.11. The normalized spacial score (nSPS) is 12.0. The number of benzene rings is 3. The zero-order valence-electron chi connectivity index (χ0n) is 18.9. The predicted molar refractivity (Wildman–Crippen MR) is 140 cm³/mol. The summed E-state index contributed by atoms with van der Waals surface area (Å²) in [5.74, 6) is 0.975. The maximum Gasteiger partial charge on any atom is 0.216 e. The Hall–Kier alpha value is -4.13. The van der Waals surface area contributed by atoms with Crippen LogP contribution in [-0.4, -0.2) is 25.3 Å². The summed E-state index contributed by atoms with van der Waals surface area (Å²) < 4.78 is 40.4. The first-order chi connectivity index (χ1) is 17.4. The van der Waals surface area contributed by atoms with Gasteiger partial charge in [-0.25, -0.2) is 13.1 Å². The van der Waals surface area contributed by atoms with Crippen LogP contribution in [0.2, 0.25) is 0 Å². The van der Waals surface area contributed by atoms with Gasteiger partial charge in [0.2, 0.25) is 9.84 Å². The molecule has 0 saturated carbocycles. The average molecular weight is 560 g/mol. The van der Waals surface area contributed by atoms with Crippen LogP contribution in [0.5, 0.6) is 5.75 Å². The van der Waals surface area contributed by atoms with Crippen molar-refractivity contribution in [1.82, 2.24) is 9.78 Å². The summed E-state index contributed by atoms with van der Waals surface area (Å²) in [6.07, 6.45) is 2.99. The number of nitriles is 1. The van der Waals surface area contributed by atoms with Gasteiger partial charge >= 0.3 is 0 Å². The van der Waals surface area contributed by atoms with Crippen LogP contribution in [0.15, 0.2) is 104 Å². The highest BCUT2D eigenvalue weighted by atomic mass is 79.9. The third-order valence-electron chi connectivity index (χ3n) is 5.53. The summed E-state index contributed by atoms with van der Waals surface area (Å²) in [5, 5.41) is 15.3. The van der Waals surface area contributed by atoms with E-state index < -0.39 is 14.7 Å². The lowest BCUT2D eigenvalue weighted by Gasteiger charge is -2.03. The van der Waals surface area contributed by atoms with Gasteiger partial charge in [-0.05, 0) is 54.6 Å².